The minimum Gasteiger partial charge on any atom is -0.302 e. The van der Waals surface area contributed by atoms with E-state index in [9.17, 15) is 4.79 Å². The summed E-state index contributed by atoms with van der Waals surface area (Å²) in [6.45, 7) is 9.80. The van der Waals surface area contributed by atoms with Gasteiger partial charge in [0, 0.05) is 32.0 Å². The molecule has 1 rings (SSSR count). The van der Waals surface area contributed by atoms with E-state index in [0.717, 1.165) is 31.8 Å². The molecule has 0 saturated carbocycles. The van der Waals surface area contributed by atoms with Crippen LogP contribution in [0.25, 0.3) is 0 Å². The van der Waals surface area contributed by atoms with Crippen LogP contribution in [0.5, 0.6) is 0 Å². The fourth-order valence-electron chi connectivity index (χ4n) is 2.07. The van der Waals surface area contributed by atoms with Gasteiger partial charge >= 0.3 is 0 Å². The molecule has 14 heavy (non-hydrogen) atoms. The van der Waals surface area contributed by atoms with Crippen molar-refractivity contribution in [1.29, 1.82) is 0 Å². The van der Waals surface area contributed by atoms with E-state index in [2.05, 4.69) is 25.7 Å². The number of Topliss-reactive ketones (excluding diaryl/α,β-unsaturated/α-hetero) is 1. The van der Waals surface area contributed by atoms with Crippen LogP contribution in [-0.2, 0) is 4.79 Å². The lowest BCUT2D eigenvalue weighted by molar-refractivity contribution is -0.126. The van der Waals surface area contributed by atoms with Crippen LogP contribution in [0.1, 0.15) is 40.0 Å². The van der Waals surface area contributed by atoms with Crippen molar-refractivity contribution in [2.45, 2.75) is 40.0 Å². The van der Waals surface area contributed by atoms with Gasteiger partial charge in [0.15, 0.2) is 0 Å². The Bertz CT molecular complexity index is 191. The normalized spacial score (nSPS) is 26.5. The molecule has 0 bridgehead atoms. The summed E-state index contributed by atoms with van der Waals surface area (Å²) in [6.07, 6.45) is 3.02. The Morgan fingerprint density at radius 3 is 2.79 bits per heavy atom. The molecule has 82 valence electrons. The van der Waals surface area contributed by atoms with Crippen molar-refractivity contribution in [3.8, 4) is 0 Å². The van der Waals surface area contributed by atoms with E-state index >= 15 is 0 Å². The highest BCUT2D eigenvalue weighted by molar-refractivity contribution is 5.82. The van der Waals surface area contributed by atoms with Crippen LogP contribution in [0, 0.1) is 11.8 Å². The molecule has 0 aromatic heterocycles. The molecule has 0 amide bonds. The van der Waals surface area contributed by atoms with Crippen LogP contribution in [0.3, 0.4) is 0 Å². The Hall–Kier alpha value is -0.370. The average molecular weight is 197 g/mol. The van der Waals surface area contributed by atoms with Crippen molar-refractivity contribution in [2.75, 3.05) is 19.6 Å². The van der Waals surface area contributed by atoms with Crippen molar-refractivity contribution >= 4 is 5.78 Å². The highest BCUT2D eigenvalue weighted by Crippen LogP contribution is 2.17. The Balaban J connectivity index is 2.38. The second kappa shape index (κ2) is 5.50. The molecule has 0 spiro atoms. The Morgan fingerprint density at radius 1 is 1.50 bits per heavy atom. The number of piperidine rings is 1. The first-order valence-electron chi connectivity index (χ1n) is 5.92. The van der Waals surface area contributed by atoms with E-state index in [1.165, 1.54) is 13.0 Å². The van der Waals surface area contributed by atoms with Gasteiger partial charge in [-0.2, -0.15) is 0 Å². The summed E-state index contributed by atoms with van der Waals surface area (Å²) in [5.41, 5.74) is 0. The standard InChI is InChI=1S/C12H23NO/c1-4-10(3)8-13-7-6-12(14)11(5-2)9-13/h10-11H,4-9H2,1-3H3. The quantitative estimate of drug-likeness (QED) is 0.689. The first-order valence-corrected chi connectivity index (χ1v) is 5.92. The van der Waals surface area contributed by atoms with Gasteiger partial charge in [0.05, 0.1) is 0 Å². The van der Waals surface area contributed by atoms with Crippen molar-refractivity contribution in [3.63, 3.8) is 0 Å². The number of ketones is 1. The van der Waals surface area contributed by atoms with Gasteiger partial charge in [-0.25, -0.2) is 0 Å². The van der Waals surface area contributed by atoms with Crippen LogP contribution in [0.15, 0.2) is 0 Å². The second-order valence-electron chi connectivity index (χ2n) is 4.59. The lowest BCUT2D eigenvalue weighted by Gasteiger charge is -2.32. The SMILES string of the molecule is CCC(C)CN1CCC(=O)C(CC)C1. The first kappa shape index (κ1) is 11.7. The number of hydrogen-bond donors (Lipinski definition) is 0. The third-order valence-electron chi connectivity index (χ3n) is 3.37. The summed E-state index contributed by atoms with van der Waals surface area (Å²) in [7, 11) is 0. The zero-order chi connectivity index (χ0) is 10.6. The van der Waals surface area contributed by atoms with Gasteiger partial charge < -0.3 is 4.90 Å². The molecule has 1 saturated heterocycles. The maximum Gasteiger partial charge on any atom is 0.138 e. The molecule has 2 nitrogen and oxygen atoms in total. The van der Waals surface area contributed by atoms with Crippen molar-refractivity contribution < 1.29 is 4.79 Å². The van der Waals surface area contributed by atoms with Crippen molar-refractivity contribution in [3.05, 3.63) is 0 Å². The molecule has 0 aromatic rings. The van der Waals surface area contributed by atoms with Gasteiger partial charge in [-0.15, -0.1) is 0 Å². The molecule has 1 aliphatic heterocycles. The molecule has 1 fully saturated rings. The number of nitrogens with zero attached hydrogens (tertiary/aromatic N) is 1. The maximum atomic E-state index is 11.5. The molecule has 0 radical (unpaired) electrons. The molecule has 1 heterocycles. The zero-order valence-electron chi connectivity index (χ0n) is 9.75. The largest absolute Gasteiger partial charge is 0.302 e. The summed E-state index contributed by atoms with van der Waals surface area (Å²) in [4.78, 5) is 14.0. The molecular weight excluding hydrogens is 174 g/mol. The molecule has 0 N–H and O–H groups in total. The Morgan fingerprint density at radius 2 is 2.21 bits per heavy atom. The van der Waals surface area contributed by atoms with E-state index in [4.69, 9.17) is 0 Å². The summed E-state index contributed by atoms with van der Waals surface area (Å²) < 4.78 is 0. The van der Waals surface area contributed by atoms with Crippen LogP contribution >= 0.6 is 0 Å². The molecule has 2 unspecified atom stereocenters. The number of carbonyl (C=O) groups is 1. The van der Waals surface area contributed by atoms with E-state index in [-0.39, 0.29) is 0 Å². The monoisotopic (exact) mass is 197 g/mol. The number of likely N-dealkylation sites (tertiary alicyclic amines) is 1. The summed E-state index contributed by atoms with van der Waals surface area (Å²) >= 11 is 0. The number of carbonyl (C=O) groups excluding carboxylic acids is 1. The van der Waals surface area contributed by atoms with E-state index in [0.29, 0.717) is 11.7 Å². The second-order valence-corrected chi connectivity index (χ2v) is 4.59. The summed E-state index contributed by atoms with van der Waals surface area (Å²) in [6, 6.07) is 0. The summed E-state index contributed by atoms with van der Waals surface area (Å²) in [5.74, 6) is 1.56. The van der Waals surface area contributed by atoms with Gasteiger partial charge in [0.1, 0.15) is 5.78 Å². The van der Waals surface area contributed by atoms with Crippen LogP contribution < -0.4 is 0 Å². The average Bonchev–Trinajstić information content (AvgIpc) is 2.20. The van der Waals surface area contributed by atoms with E-state index in [1.807, 2.05) is 0 Å². The molecule has 1 aliphatic rings. The van der Waals surface area contributed by atoms with Crippen molar-refractivity contribution in [1.82, 2.24) is 4.90 Å². The van der Waals surface area contributed by atoms with Gasteiger partial charge in [-0.3, -0.25) is 4.79 Å². The Kier molecular flexibility index (Phi) is 4.59. The molecule has 0 aliphatic carbocycles. The highest BCUT2D eigenvalue weighted by Gasteiger charge is 2.25. The third-order valence-corrected chi connectivity index (χ3v) is 3.37. The third kappa shape index (κ3) is 3.09. The van der Waals surface area contributed by atoms with Crippen LogP contribution in [0.2, 0.25) is 0 Å². The molecule has 0 aromatic carbocycles. The zero-order valence-corrected chi connectivity index (χ0v) is 9.75. The topological polar surface area (TPSA) is 20.3 Å². The van der Waals surface area contributed by atoms with Gasteiger partial charge in [-0.05, 0) is 12.3 Å². The predicted molar refractivity (Wildman–Crippen MR) is 59.3 cm³/mol. The molecule has 2 heteroatoms. The first-order chi connectivity index (χ1) is 6.67. The lowest BCUT2D eigenvalue weighted by atomic mass is 9.93. The van der Waals surface area contributed by atoms with E-state index in [1.54, 1.807) is 0 Å². The minimum atomic E-state index is 0.313. The summed E-state index contributed by atoms with van der Waals surface area (Å²) in [5, 5.41) is 0. The van der Waals surface area contributed by atoms with Crippen molar-refractivity contribution in [2.24, 2.45) is 11.8 Å². The fourth-order valence-corrected chi connectivity index (χ4v) is 2.07. The molecule has 2 atom stereocenters. The lowest BCUT2D eigenvalue weighted by Crippen LogP contribution is -2.42. The van der Waals surface area contributed by atoms with Crippen LogP contribution in [-0.4, -0.2) is 30.3 Å². The van der Waals surface area contributed by atoms with Gasteiger partial charge in [-0.1, -0.05) is 27.2 Å². The Labute approximate surface area is 87.7 Å². The fraction of sp³-hybridized carbons (Fsp3) is 0.917. The number of hydrogen-bond acceptors (Lipinski definition) is 2. The smallest absolute Gasteiger partial charge is 0.138 e. The van der Waals surface area contributed by atoms with E-state index < -0.39 is 0 Å². The maximum absolute atomic E-state index is 11.5. The van der Waals surface area contributed by atoms with Gasteiger partial charge in [0.2, 0.25) is 0 Å². The minimum absolute atomic E-state index is 0.313. The van der Waals surface area contributed by atoms with Crippen LogP contribution in [0.4, 0.5) is 0 Å². The predicted octanol–water partition coefficient (Wildman–Crippen LogP) is 2.33. The number of rotatable bonds is 4. The highest BCUT2D eigenvalue weighted by atomic mass is 16.1. The molecular formula is C12H23NO. The van der Waals surface area contributed by atoms with Gasteiger partial charge in [0.25, 0.3) is 0 Å².